The van der Waals surface area contributed by atoms with Gasteiger partial charge in [-0.1, -0.05) is 0 Å². The van der Waals surface area contributed by atoms with Crippen molar-refractivity contribution in [3.05, 3.63) is 0 Å². The van der Waals surface area contributed by atoms with E-state index >= 15 is 0 Å². The maximum absolute atomic E-state index is 10.8. The van der Waals surface area contributed by atoms with Crippen molar-refractivity contribution in [3.8, 4) is 0 Å². The highest BCUT2D eigenvalue weighted by molar-refractivity contribution is 5.72. The van der Waals surface area contributed by atoms with Crippen molar-refractivity contribution >= 4 is 5.91 Å². The first-order chi connectivity index (χ1) is 5.20. The molecule has 0 radical (unpaired) electrons. The second-order valence-electron chi connectivity index (χ2n) is 3.03. The Balaban J connectivity index is 2.23. The summed E-state index contributed by atoms with van der Waals surface area (Å²) in [6.07, 6.45) is 2.51. The molecule has 1 aliphatic rings. The van der Waals surface area contributed by atoms with E-state index in [-0.39, 0.29) is 12.0 Å². The van der Waals surface area contributed by atoms with E-state index < -0.39 is 0 Å². The molecule has 0 N–H and O–H groups in total. The summed E-state index contributed by atoms with van der Waals surface area (Å²) in [5.74, 6) is 0.112. The van der Waals surface area contributed by atoms with Gasteiger partial charge in [-0.15, -0.1) is 0 Å². The summed E-state index contributed by atoms with van der Waals surface area (Å²) in [7, 11) is 1.81. The van der Waals surface area contributed by atoms with Crippen LogP contribution < -0.4 is 0 Å². The van der Waals surface area contributed by atoms with Crippen molar-refractivity contribution < 1.29 is 9.53 Å². The lowest BCUT2D eigenvalue weighted by Crippen LogP contribution is -2.32. The molecule has 1 saturated heterocycles. The van der Waals surface area contributed by atoms with Crippen LogP contribution in [0.25, 0.3) is 0 Å². The quantitative estimate of drug-likeness (QED) is 0.589. The lowest BCUT2D eigenvalue weighted by atomic mass is 10.2. The van der Waals surface area contributed by atoms with E-state index in [2.05, 4.69) is 0 Å². The normalized spacial score (nSPS) is 23.6. The van der Waals surface area contributed by atoms with E-state index in [4.69, 9.17) is 4.74 Å². The molecule has 1 atom stereocenters. The third-order valence-corrected chi connectivity index (χ3v) is 2.04. The fraction of sp³-hybridized carbons (Fsp3) is 0.875. The zero-order chi connectivity index (χ0) is 8.27. The second kappa shape index (κ2) is 3.72. The van der Waals surface area contributed by atoms with E-state index in [0.717, 1.165) is 26.0 Å². The van der Waals surface area contributed by atoms with Crippen LogP contribution in [0.2, 0.25) is 0 Å². The van der Waals surface area contributed by atoms with Gasteiger partial charge in [0.05, 0.1) is 6.10 Å². The molecule has 1 heterocycles. The summed E-state index contributed by atoms with van der Waals surface area (Å²) >= 11 is 0. The molecule has 3 heteroatoms. The number of carbonyl (C=O) groups is 1. The summed E-state index contributed by atoms with van der Waals surface area (Å²) in [5, 5.41) is 0. The van der Waals surface area contributed by atoms with Crippen LogP contribution in [-0.4, -0.2) is 37.1 Å². The van der Waals surface area contributed by atoms with Crippen LogP contribution in [0.1, 0.15) is 19.8 Å². The van der Waals surface area contributed by atoms with Crippen LogP contribution in [0, 0.1) is 0 Å². The fourth-order valence-electron chi connectivity index (χ4n) is 1.22. The number of amides is 1. The maximum Gasteiger partial charge on any atom is 0.219 e. The molecule has 1 rings (SSSR count). The Bertz CT molecular complexity index is 141. The number of carbonyl (C=O) groups excluding carboxylic acids is 1. The minimum Gasteiger partial charge on any atom is -0.376 e. The third kappa shape index (κ3) is 2.50. The molecule has 1 amide bonds. The molecule has 0 saturated carbocycles. The molecule has 0 bridgehead atoms. The zero-order valence-corrected chi connectivity index (χ0v) is 7.17. The van der Waals surface area contributed by atoms with E-state index in [1.165, 1.54) is 0 Å². The summed E-state index contributed by atoms with van der Waals surface area (Å²) in [6, 6.07) is 0. The molecular weight excluding hydrogens is 142 g/mol. The van der Waals surface area contributed by atoms with E-state index in [0.29, 0.717) is 0 Å². The van der Waals surface area contributed by atoms with Crippen LogP contribution in [-0.2, 0) is 9.53 Å². The third-order valence-electron chi connectivity index (χ3n) is 2.04. The highest BCUT2D eigenvalue weighted by Gasteiger charge is 2.17. The first kappa shape index (κ1) is 8.53. The molecule has 0 aromatic heterocycles. The highest BCUT2D eigenvalue weighted by atomic mass is 16.5. The minimum absolute atomic E-state index is 0.112. The number of likely N-dealkylation sites (N-methyl/N-ethyl adjacent to an activating group) is 1. The Morgan fingerprint density at radius 3 is 2.91 bits per heavy atom. The minimum atomic E-state index is 0.112. The van der Waals surface area contributed by atoms with Crippen LogP contribution in [0.15, 0.2) is 0 Å². The van der Waals surface area contributed by atoms with Gasteiger partial charge in [0, 0.05) is 27.1 Å². The molecule has 0 aromatic rings. The van der Waals surface area contributed by atoms with Gasteiger partial charge in [0.25, 0.3) is 0 Å². The number of hydrogen-bond donors (Lipinski definition) is 0. The Kier molecular flexibility index (Phi) is 2.88. The summed E-state index contributed by atoms with van der Waals surface area (Å²) in [6.45, 7) is 3.18. The standard InChI is InChI=1S/C8H15NO2/c1-7(10)9(2)6-8-4-3-5-11-8/h8H,3-6H2,1-2H3/t8-/m1/s1. The largest absolute Gasteiger partial charge is 0.376 e. The molecule has 0 unspecified atom stereocenters. The smallest absolute Gasteiger partial charge is 0.219 e. The first-order valence-corrected chi connectivity index (χ1v) is 4.03. The van der Waals surface area contributed by atoms with Gasteiger partial charge < -0.3 is 9.64 Å². The van der Waals surface area contributed by atoms with E-state index in [9.17, 15) is 4.79 Å². The number of nitrogens with zero attached hydrogens (tertiary/aromatic N) is 1. The van der Waals surface area contributed by atoms with E-state index in [1.807, 2.05) is 7.05 Å². The predicted octanol–water partition coefficient (Wildman–Crippen LogP) is 0.644. The summed E-state index contributed by atoms with van der Waals surface area (Å²) in [5.41, 5.74) is 0. The second-order valence-corrected chi connectivity index (χ2v) is 3.03. The SMILES string of the molecule is CC(=O)N(C)C[C@H]1CCCO1. The Hall–Kier alpha value is -0.570. The van der Waals surface area contributed by atoms with Crippen LogP contribution in [0.4, 0.5) is 0 Å². The van der Waals surface area contributed by atoms with Gasteiger partial charge in [-0.05, 0) is 12.8 Å². The molecular formula is C8H15NO2. The van der Waals surface area contributed by atoms with Gasteiger partial charge in [-0.2, -0.15) is 0 Å². The number of ether oxygens (including phenoxy) is 1. The lowest BCUT2D eigenvalue weighted by Gasteiger charge is -2.18. The maximum atomic E-state index is 10.8. The molecule has 1 aliphatic heterocycles. The molecule has 0 aliphatic carbocycles. The molecule has 64 valence electrons. The van der Waals surface area contributed by atoms with Gasteiger partial charge in [0.1, 0.15) is 0 Å². The van der Waals surface area contributed by atoms with Gasteiger partial charge in [-0.25, -0.2) is 0 Å². The average molecular weight is 157 g/mol. The lowest BCUT2D eigenvalue weighted by molar-refractivity contribution is -0.128. The summed E-state index contributed by atoms with van der Waals surface area (Å²) < 4.78 is 5.38. The van der Waals surface area contributed by atoms with Crippen LogP contribution in [0.5, 0.6) is 0 Å². The first-order valence-electron chi connectivity index (χ1n) is 4.03. The van der Waals surface area contributed by atoms with Crippen molar-refractivity contribution in [2.75, 3.05) is 20.2 Å². The van der Waals surface area contributed by atoms with Crippen molar-refractivity contribution in [1.29, 1.82) is 0 Å². The van der Waals surface area contributed by atoms with Crippen molar-refractivity contribution in [2.24, 2.45) is 0 Å². The highest BCUT2D eigenvalue weighted by Crippen LogP contribution is 2.12. The van der Waals surface area contributed by atoms with Gasteiger partial charge in [0.2, 0.25) is 5.91 Å². The van der Waals surface area contributed by atoms with Gasteiger partial charge in [-0.3, -0.25) is 4.79 Å². The Morgan fingerprint density at radius 1 is 1.73 bits per heavy atom. The molecule has 0 aromatic carbocycles. The zero-order valence-electron chi connectivity index (χ0n) is 7.17. The number of hydrogen-bond acceptors (Lipinski definition) is 2. The monoisotopic (exact) mass is 157 g/mol. The number of rotatable bonds is 2. The van der Waals surface area contributed by atoms with Gasteiger partial charge in [0.15, 0.2) is 0 Å². The molecule has 11 heavy (non-hydrogen) atoms. The predicted molar refractivity (Wildman–Crippen MR) is 42.3 cm³/mol. The van der Waals surface area contributed by atoms with Gasteiger partial charge >= 0.3 is 0 Å². The fourth-order valence-corrected chi connectivity index (χ4v) is 1.22. The average Bonchev–Trinajstić information content (AvgIpc) is 2.39. The topological polar surface area (TPSA) is 29.5 Å². The molecule has 0 spiro atoms. The Labute approximate surface area is 67.3 Å². The van der Waals surface area contributed by atoms with Crippen molar-refractivity contribution in [3.63, 3.8) is 0 Å². The summed E-state index contributed by atoms with van der Waals surface area (Å²) in [4.78, 5) is 12.5. The van der Waals surface area contributed by atoms with Crippen molar-refractivity contribution in [2.45, 2.75) is 25.9 Å². The van der Waals surface area contributed by atoms with Crippen LogP contribution in [0.3, 0.4) is 0 Å². The van der Waals surface area contributed by atoms with Crippen molar-refractivity contribution in [1.82, 2.24) is 4.90 Å². The van der Waals surface area contributed by atoms with E-state index in [1.54, 1.807) is 11.8 Å². The Morgan fingerprint density at radius 2 is 2.45 bits per heavy atom. The van der Waals surface area contributed by atoms with Crippen LogP contribution >= 0.6 is 0 Å². The molecule has 3 nitrogen and oxygen atoms in total. The molecule has 1 fully saturated rings.